The molecule has 0 aromatic carbocycles. The summed E-state index contributed by atoms with van der Waals surface area (Å²) in [6.07, 6.45) is 12.5. The summed E-state index contributed by atoms with van der Waals surface area (Å²) in [5.74, 6) is 0. The molecular formula is C14H24N4. The highest BCUT2D eigenvalue weighted by atomic mass is 15.2. The van der Waals surface area contributed by atoms with Gasteiger partial charge in [0.2, 0.25) is 0 Å². The molecule has 3 heterocycles. The van der Waals surface area contributed by atoms with E-state index >= 15 is 0 Å². The summed E-state index contributed by atoms with van der Waals surface area (Å²) in [4.78, 5) is 6.73. The van der Waals surface area contributed by atoms with Gasteiger partial charge in [-0.1, -0.05) is 0 Å². The van der Waals surface area contributed by atoms with Crippen molar-refractivity contribution in [3.8, 4) is 0 Å². The van der Waals surface area contributed by atoms with E-state index in [9.17, 15) is 0 Å². The number of fused-ring (bicyclic) bond motifs is 1. The van der Waals surface area contributed by atoms with Crippen LogP contribution in [0.2, 0.25) is 0 Å². The van der Waals surface area contributed by atoms with Crippen LogP contribution in [0.25, 0.3) is 0 Å². The number of rotatable bonds is 6. The van der Waals surface area contributed by atoms with Crippen LogP contribution in [0, 0.1) is 0 Å². The quantitative estimate of drug-likeness (QED) is 0.774. The van der Waals surface area contributed by atoms with Crippen LogP contribution in [-0.2, 0) is 6.54 Å². The molecule has 4 heteroatoms. The standard InChI is InChI=1S/C14H24N4/c1(2-8-17-11-7-15-12-17)6-16-13-5-10-18-9-3-4-14(13)18/h7,11-14,16H,1-6,8-10H2. The van der Waals surface area contributed by atoms with Gasteiger partial charge in [-0.3, -0.25) is 4.90 Å². The second-order valence-electron chi connectivity index (χ2n) is 5.60. The van der Waals surface area contributed by atoms with Crippen molar-refractivity contribution in [1.29, 1.82) is 0 Å². The van der Waals surface area contributed by atoms with Crippen molar-refractivity contribution in [2.24, 2.45) is 0 Å². The number of nitrogens with zero attached hydrogens (tertiary/aromatic N) is 3. The predicted molar refractivity (Wildman–Crippen MR) is 72.5 cm³/mol. The molecule has 1 aromatic rings. The van der Waals surface area contributed by atoms with Gasteiger partial charge in [0.05, 0.1) is 6.33 Å². The van der Waals surface area contributed by atoms with E-state index in [4.69, 9.17) is 0 Å². The van der Waals surface area contributed by atoms with Gasteiger partial charge in [-0.2, -0.15) is 0 Å². The number of hydrogen-bond acceptors (Lipinski definition) is 3. The Morgan fingerprint density at radius 1 is 1.22 bits per heavy atom. The summed E-state index contributed by atoms with van der Waals surface area (Å²) >= 11 is 0. The lowest BCUT2D eigenvalue weighted by Gasteiger charge is -2.21. The van der Waals surface area contributed by atoms with E-state index in [0.717, 1.165) is 18.6 Å². The first kappa shape index (κ1) is 12.2. The highest BCUT2D eigenvalue weighted by Gasteiger charge is 2.36. The fourth-order valence-corrected chi connectivity index (χ4v) is 3.45. The molecule has 1 aromatic heterocycles. The molecule has 3 rings (SSSR count). The Morgan fingerprint density at radius 2 is 2.22 bits per heavy atom. The lowest BCUT2D eigenvalue weighted by molar-refractivity contribution is 0.298. The normalized spacial score (nSPS) is 27.8. The molecule has 2 atom stereocenters. The van der Waals surface area contributed by atoms with Crippen LogP contribution in [0.3, 0.4) is 0 Å². The number of aryl methyl sites for hydroxylation is 1. The van der Waals surface area contributed by atoms with Crippen molar-refractivity contribution in [3.63, 3.8) is 0 Å². The Morgan fingerprint density at radius 3 is 3.11 bits per heavy atom. The minimum Gasteiger partial charge on any atom is -0.337 e. The van der Waals surface area contributed by atoms with Crippen LogP contribution in [0.4, 0.5) is 0 Å². The molecule has 0 aliphatic carbocycles. The summed E-state index contributed by atoms with van der Waals surface area (Å²) in [5, 5.41) is 3.77. The number of hydrogen-bond donors (Lipinski definition) is 1. The van der Waals surface area contributed by atoms with Gasteiger partial charge in [0.25, 0.3) is 0 Å². The highest BCUT2D eigenvalue weighted by molar-refractivity contribution is 4.95. The van der Waals surface area contributed by atoms with Gasteiger partial charge < -0.3 is 9.88 Å². The molecule has 2 saturated heterocycles. The molecule has 100 valence electrons. The van der Waals surface area contributed by atoms with Crippen LogP contribution < -0.4 is 5.32 Å². The first-order chi connectivity index (χ1) is 8.93. The molecular weight excluding hydrogens is 224 g/mol. The Kier molecular flexibility index (Phi) is 3.96. The van der Waals surface area contributed by atoms with Gasteiger partial charge in [0, 0.05) is 37.6 Å². The zero-order valence-electron chi connectivity index (χ0n) is 11.1. The highest BCUT2D eigenvalue weighted by Crippen LogP contribution is 2.27. The maximum atomic E-state index is 4.06. The molecule has 2 aliphatic rings. The maximum Gasteiger partial charge on any atom is 0.0945 e. The molecule has 18 heavy (non-hydrogen) atoms. The van der Waals surface area contributed by atoms with E-state index in [1.165, 1.54) is 51.7 Å². The van der Waals surface area contributed by atoms with Crippen molar-refractivity contribution in [1.82, 2.24) is 19.8 Å². The minimum absolute atomic E-state index is 0.765. The van der Waals surface area contributed by atoms with Crippen molar-refractivity contribution in [2.75, 3.05) is 19.6 Å². The van der Waals surface area contributed by atoms with Crippen LogP contribution >= 0.6 is 0 Å². The fraction of sp³-hybridized carbons (Fsp3) is 0.786. The third-order valence-corrected chi connectivity index (χ3v) is 4.41. The summed E-state index contributed by atoms with van der Waals surface area (Å²) in [7, 11) is 0. The maximum absolute atomic E-state index is 4.06. The predicted octanol–water partition coefficient (Wildman–Crippen LogP) is 1.49. The SMILES string of the molecule is c1cn(CCCCNC2CCN3CCCC23)cn1. The first-order valence-corrected chi connectivity index (χ1v) is 7.37. The van der Waals surface area contributed by atoms with Crippen molar-refractivity contribution in [2.45, 2.75) is 50.7 Å². The molecule has 0 saturated carbocycles. The Labute approximate surface area is 109 Å². The van der Waals surface area contributed by atoms with E-state index in [2.05, 4.69) is 19.8 Å². The van der Waals surface area contributed by atoms with Gasteiger partial charge >= 0.3 is 0 Å². The zero-order chi connectivity index (χ0) is 12.2. The smallest absolute Gasteiger partial charge is 0.0945 e. The molecule has 2 aliphatic heterocycles. The number of imidazole rings is 1. The Bertz CT molecular complexity index is 349. The molecule has 0 spiro atoms. The fourth-order valence-electron chi connectivity index (χ4n) is 3.45. The van der Waals surface area contributed by atoms with Crippen LogP contribution in [0.5, 0.6) is 0 Å². The number of aromatic nitrogens is 2. The van der Waals surface area contributed by atoms with Crippen LogP contribution in [0.1, 0.15) is 32.1 Å². The second kappa shape index (κ2) is 5.85. The minimum atomic E-state index is 0.765. The third kappa shape index (κ3) is 2.75. The average Bonchev–Trinajstić information content (AvgIpc) is 3.05. The van der Waals surface area contributed by atoms with Crippen molar-refractivity contribution >= 4 is 0 Å². The first-order valence-electron chi connectivity index (χ1n) is 7.37. The van der Waals surface area contributed by atoms with E-state index in [1.807, 2.05) is 18.7 Å². The lowest BCUT2D eigenvalue weighted by atomic mass is 10.1. The topological polar surface area (TPSA) is 33.1 Å². The monoisotopic (exact) mass is 248 g/mol. The number of nitrogens with one attached hydrogen (secondary N) is 1. The molecule has 0 amide bonds. The molecule has 2 unspecified atom stereocenters. The molecule has 2 fully saturated rings. The van der Waals surface area contributed by atoms with E-state index in [1.54, 1.807) is 0 Å². The van der Waals surface area contributed by atoms with Gasteiger partial charge in [-0.15, -0.1) is 0 Å². The van der Waals surface area contributed by atoms with Crippen LogP contribution in [-0.4, -0.2) is 46.2 Å². The second-order valence-corrected chi connectivity index (χ2v) is 5.60. The largest absolute Gasteiger partial charge is 0.337 e. The summed E-state index contributed by atoms with van der Waals surface area (Å²) in [5.41, 5.74) is 0. The van der Waals surface area contributed by atoms with Gasteiger partial charge in [0.1, 0.15) is 0 Å². The molecule has 4 nitrogen and oxygen atoms in total. The van der Waals surface area contributed by atoms with E-state index in [0.29, 0.717) is 0 Å². The van der Waals surface area contributed by atoms with Gasteiger partial charge in [-0.05, 0) is 45.2 Å². The molecule has 1 N–H and O–H groups in total. The van der Waals surface area contributed by atoms with Gasteiger partial charge in [0.15, 0.2) is 0 Å². The van der Waals surface area contributed by atoms with Crippen molar-refractivity contribution < 1.29 is 0 Å². The summed E-state index contributed by atoms with van der Waals surface area (Å²) in [6.45, 7) is 4.92. The summed E-state index contributed by atoms with van der Waals surface area (Å²) < 4.78 is 2.16. The Balaban J connectivity index is 1.30. The van der Waals surface area contributed by atoms with Crippen molar-refractivity contribution in [3.05, 3.63) is 18.7 Å². The molecule has 0 radical (unpaired) electrons. The van der Waals surface area contributed by atoms with E-state index in [-0.39, 0.29) is 0 Å². The zero-order valence-corrected chi connectivity index (χ0v) is 11.1. The number of unbranched alkanes of at least 4 members (excludes halogenated alkanes) is 1. The van der Waals surface area contributed by atoms with Gasteiger partial charge in [-0.25, -0.2) is 4.98 Å². The third-order valence-electron chi connectivity index (χ3n) is 4.41. The summed E-state index contributed by atoms with van der Waals surface area (Å²) in [6, 6.07) is 1.61. The lowest BCUT2D eigenvalue weighted by Crippen LogP contribution is -2.39. The average molecular weight is 248 g/mol. The van der Waals surface area contributed by atoms with Crippen LogP contribution in [0.15, 0.2) is 18.7 Å². The Hall–Kier alpha value is -0.870. The van der Waals surface area contributed by atoms with E-state index < -0.39 is 0 Å². The molecule has 0 bridgehead atoms.